The fourth-order valence-corrected chi connectivity index (χ4v) is 2.60. The van der Waals surface area contributed by atoms with Crippen molar-refractivity contribution in [3.63, 3.8) is 0 Å². The van der Waals surface area contributed by atoms with Crippen LogP contribution in [0.25, 0.3) is 0 Å². The van der Waals surface area contributed by atoms with E-state index in [2.05, 4.69) is 6.92 Å². The summed E-state index contributed by atoms with van der Waals surface area (Å²) in [5.41, 5.74) is 0. The van der Waals surface area contributed by atoms with E-state index >= 15 is 0 Å². The summed E-state index contributed by atoms with van der Waals surface area (Å²) in [4.78, 5) is 22.8. The van der Waals surface area contributed by atoms with Crippen LogP contribution in [0.1, 0.15) is 71.1 Å². The number of carbonyl (C=O) groups excluding carboxylic acids is 1. The minimum absolute atomic E-state index is 0.126. The van der Waals surface area contributed by atoms with Crippen LogP contribution in [-0.2, 0) is 14.3 Å². The lowest BCUT2D eigenvalue weighted by Crippen LogP contribution is -2.43. The third-order valence-corrected chi connectivity index (χ3v) is 3.69. The first-order valence-electron chi connectivity index (χ1n) is 8.96. The normalized spacial score (nSPS) is 12.9. The number of hydrogen-bond donors (Lipinski definition) is 1. The number of quaternary nitrogens is 1. The topological polar surface area (TPSA) is 63.6 Å². The Kier molecular flexibility index (Phi) is 11.7. The molecular weight excluding hydrogens is 294 g/mol. The molecule has 0 aromatic heterocycles. The number of likely N-dealkylation sites (N-methyl/N-ethyl adjacent to an activating group) is 1. The van der Waals surface area contributed by atoms with E-state index < -0.39 is 12.1 Å². The molecule has 0 bridgehead atoms. The van der Waals surface area contributed by atoms with Gasteiger partial charge in [0.1, 0.15) is 6.54 Å². The van der Waals surface area contributed by atoms with Gasteiger partial charge in [0, 0.05) is 6.42 Å². The average Bonchev–Trinajstić information content (AvgIpc) is 2.39. The van der Waals surface area contributed by atoms with Crippen molar-refractivity contribution in [3.8, 4) is 0 Å². The lowest BCUT2D eigenvalue weighted by atomic mass is 10.1. The molecule has 0 spiro atoms. The molecule has 1 atom stereocenters. The summed E-state index contributed by atoms with van der Waals surface area (Å²) in [5.74, 6) is -1.20. The first kappa shape index (κ1) is 21.9. The molecule has 136 valence electrons. The summed E-state index contributed by atoms with van der Waals surface area (Å²) in [6, 6.07) is 0. The SMILES string of the molecule is CCCCCCCCCCC(=O)O[C@H](CC(=O)O)C[N+](C)(C)C. The smallest absolute Gasteiger partial charge is 0.307 e. The van der Waals surface area contributed by atoms with E-state index in [0.29, 0.717) is 17.4 Å². The van der Waals surface area contributed by atoms with E-state index in [-0.39, 0.29) is 12.4 Å². The van der Waals surface area contributed by atoms with Crippen LogP contribution in [0.5, 0.6) is 0 Å². The maximum atomic E-state index is 11.9. The molecule has 0 rings (SSSR count). The van der Waals surface area contributed by atoms with E-state index in [9.17, 15) is 9.59 Å². The number of carboxylic acids is 1. The summed E-state index contributed by atoms with van der Waals surface area (Å²) in [5, 5.41) is 8.93. The quantitative estimate of drug-likeness (QED) is 0.300. The first-order valence-corrected chi connectivity index (χ1v) is 8.96. The molecule has 0 saturated carbocycles. The van der Waals surface area contributed by atoms with Gasteiger partial charge < -0.3 is 14.3 Å². The van der Waals surface area contributed by atoms with Crippen molar-refractivity contribution < 1.29 is 23.9 Å². The van der Waals surface area contributed by atoms with Gasteiger partial charge in [0.2, 0.25) is 0 Å². The first-order chi connectivity index (χ1) is 10.7. The number of carbonyl (C=O) groups is 2. The predicted octanol–water partition coefficient (Wildman–Crippen LogP) is 3.61. The monoisotopic (exact) mass is 330 g/mol. The van der Waals surface area contributed by atoms with Crippen LogP contribution in [0.2, 0.25) is 0 Å². The van der Waals surface area contributed by atoms with Crippen LogP contribution in [0, 0.1) is 0 Å². The van der Waals surface area contributed by atoms with Gasteiger partial charge in [0.25, 0.3) is 0 Å². The number of hydrogen-bond acceptors (Lipinski definition) is 3. The summed E-state index contributed by atoms with van der Waals surface area (Å²) in [6.45, 7) is 2.72. The minimum atomic E-state index is -0.927. The van der Waals surface area contributed by atoms with Crippen molar-refractivity contribution in [1.82, 2.24) is 0 Å². The number of esters is 1. The molecule has 1 N–H and O–H groups in total. The van der Waals surface area contributed by atoms with Gasteiger partial charge in [0.15, 0.2) is 6.10 Å². The van der Waals surface area contributed by atoms with Crippen molar-refractivity contribution in [1.29, 1.82) is 0 Å². The fraction of sp³-hybridized carbons (Fsp3) is 0.889. The molecule has 0 aliphatic rings. The van der Waals surface area contributed by atoms with Crippen LogP contribution in [0.15, 0.2) is 0 Å². The molecule has 0 aliphatic carbocycles. The van der Waals surface area contributed by atoms with Crippen LogP contribution < -0.4 is 0 Å². The molecule has 0 aliphatic heterocycles. The van der Waals surface area contributed by atoms with Crippen LogP contribution in [-0.4, -0.2) is 55.3 Å². The number of unbranched alkanes of at least 4 members (excludes halogenated alkanes) is 7. The average molecular weight is 330 g/mol. The Bertz CT molecular complexity index is 336. The number of ether oxygens (including phenoxy) is 1. The van der Waals surface area contributed by atoms with Gasteiger partial charge in [-0.2, -0.15) is 0 Å². The van der Waals surface area contributed by atoms with Gasteiger partial charge >= 0.3 is 11.9 Å². The highest BCUT2D eigenvalue weighted by atomic mass is 16.5. The second kappa shape index (κ2) is 12.3. The molecule has 0 amide bonds. The zero-order valence-corrected chi connectivity index (χ0v) is 15.5. The highest BCUT2D eigenvalue weighted by Crippen LogP contribution is 2.11. The molecule has 0 unspecified atom stereocenters. The molecule has 5 nitrogen and oxygen atoms in total. The number of aliphatic carboxylic acids is 1. The van der Waals surface area contributed by atoms with Gasteiger partial charge in [-0.3, -0.25) is 9.59 Å². The summed E-state index contributed by atoms with van der Waals surface area (Å²) in [7, 11) is 5.88. The van der Waals surface area contributed by atoms with E-state index in [1.807, 2.05) is 21.1 Å². The third kappa shape index (κ3) is 15.6. The van der Waals surface area contributed by atoms with E-state index in [0.717, 1.165) is 19.3 Å². The Hall–Kier alpha value is -1.10. The Morgan fingerprint density at radius 2 is 1.48 bits per heavy atom. The highest BCUT2D eigenvalue weighted by molar-refractivity contribution is 5.71. The Morgan fingerprint density at radius 1 is 0.957 bits per heavy atom. The number of rotatable bonds is 14. The Labute approximate surface area is 141 Å². The van der Waals surface area contributed by atoms with Crippen LogP contribution >= 0.6 is 0 Å². The lowest BCUT2D eigenvalue weighted by Gasteiger charge is -2.28. The van der Waals surface area contributed by atoms with E-state index in [1.54, 1.807) is 0 Å². The van der Waals surface area contributed by atoms with E-state index in [1.165, 1.54) is 32.1 Å². The molecular formula is C18H36NO4+. The van der Waals surface area contributed by atoms with Gasteiger partial charge in [0.05, 0.1) is 27.6 Å². The maximum absolute atomic E-state index is 11.9. The third-order valence-electron chi connectivity index (χ3n) is 3.69. The Balaban J connectivity index is 3.88. The minimum Gasteiger partial charge on any atom is -0.481 e. The second-order valence-corrected chi connectivity index (χ2v) is 7.41. The van der Waals surface area contributed by atoms with E-state index in [4.69, 9.17) is 9.84 Å². The van der Waals surface area contributed by atoms with Crippen LogP contribution in [0.3, 0.4) is 0 Å². The van der Waals surface area contributed by atoms with Crippen molar-refractivity contribution in [3.05, 3.63) is 0 Å². The molecule has 23 heavy (non-hydrogen) atoms. The fourth-order valence-electron chi connectivity index (χ4n) is 2.60. The van der Waals surface area contributed by atoms with Crippen molar-refractivity contribution in [2.75, 3.05) is 27.7 Å². The summed E-state index contributed by atoms with van der Waals surface area (Å²) in [6.07, 6.45) is 9.14. The van der Waals surface area contributed by atoms with Crippen molar-refractivity contribution in [2.24, 2.45) is 0 Å². The van der Waals surface area contributed by atoms with Crippen LogP contribution in [0.4, 0.5) is 0 Å². The molecule has 0 radical (unpaired) electrons. The number of nitrogens with zero attached hydrogens (tertiary/aromatic N) is 1. The van der Waals surface area contributed by atoms with Gasteiger partial charge in [-0.1, -0.05) is 51.9 Å². The molecule has 0 heterocycles. The van der Waals surface area contributed by atoms with Gasteiger partial charge in [-0.05, 0) is 6.42 Å². The summed E-state index contributed by atoms with van der Waals surface area (Å²) >= 11 is 0. The Morgan fingerprint density at radius 3 is 1.96 bits per heavy atom. The zero-order valence-electron chi connectivity index (χ0n) is 15.5. The largest absolute Gasteiger partial charge is 0.481 e. The predicted molar refractivity (Wildman–Crippen MR) is 92.3 cm³/mol. The highest BCUT2D eigenvalue weighted by Gasteiger charge is 2.24. The van der Waals surface area contributed by atoms with Gasteiger partial charge in [-0.15, -0.1) is 0 Å². The molecule has 0 aromatic carbocycles. The lowest BCUT2D eigenvalue weighted by molar-refractivity contribution is -0.873. The number of carboxylic acid groups (broad SMARTS) is 1. The summed E-state index contributed by atoms with van der Waals surface area (Å²) < 4.78 is 5.93. The molecule has 0 fully saturated rings. The molecule has 0 aromatic rings. The molecule has 5 heteroatoms. The van der Waals surface area contributed by atoms with Crippen molar-refractivity contribution in [2.45, 2.75) is 77.2 Å². The maximum Gasteiger partial charge on any atom is 0.307 e. The van der Waals surface area contributed by atoms with Crippen molar-refractivity contribution >= 4 is 11.9 Å². The zero-order chi connectivity index (χ0) is 17.7. The van der Waals surface area contributed by atoms with Gasteiger partial charge in [-0.25, -0.2) is 0 Å². The molecule has 0 saturated heterocycles. The standard InChI is InChI=1S/C18H35NO4/c1-5-6-7-8-9-10-11-12-13-18(22)23-16(14-17(20)21)15-19(2,3)4/h16H,5-15H2,1-4H3/p+1/t16-/m1/s1. The second-order valence-electron chi connectivity index (χ2n) is 7.41.